The molecule has 0 spiro atoms. The van der Waals surface area contributed by atoms with Gasteiger partial charge in [0, 0.05) is 16.8 Å². The molecule has 3 aromatic rings. The second-order valence-corrected chi connectivity index (χ2v) is 6.53. The molecule has 0 aromatic heterocycles. The molecule has 0 heterocycles. The summed E-state index contributed by atoms with van der Waals surface area (Å²) in [4.78, 5) is -0.104. The van der Waals surface area contributed by atoms with Gasteiger partial charge in [-0.2, -0.15) is 8.42 Å². The minimum atomic E-state index is -4.19. The van der Waals surface area contributed by atoms with Crippen molar-refractivity contribution in [1.82, 2.24) is 0 Å². The molecule has 3 rings (SSSR count). The van der Waals surface area contributed by atoms with E-state index >= 15 is 0 Å². The molecule has 0 aliphatic rings. The van der Waals surface area contributed by atoms with E-state index in [9.17, 15) is 8.42 Å². The Hall–Kier alpha value is -2.37. The van der Waals surface area contributed by atoms with Gasteiger partial charge in [-0.25, -0.2) is 0 Å². The van der Waals surface area contributed by atoms with Crippen LogP contribution in [0.4, 0.5) is 11.4 Å². The van der Waals surface area contributed by atoms with E-state index in [0.29, 0.717) is 0 Å². The minimum absolute atomic E-state index is 0.104. The summed E-state index contributed by atoms with van der Waals surface area (Å²) in [5.74, 6) is 0. The maximum atomic E-state index is 11.2. The molecule has 0 radical (unpaired) electrons. The maximum Gasteiger partial charge on any atom is 0.294 e. The monoisotopic (exact) mass is 313 g/mol. The lowest BCUT2D eigenvalue weighted by molar-refractivity contribution is 0.483. The molecule has 0 bridgehead atoms. The zero-order valence-corrected chi connectivity index (χ0v) is 12.8. The maximum absolute atomic E-state index is 11.2. The van der Waals surface area contributed by atoms with E-state index < -0.39 is 10.1 Å². The first-order chi connectivity index (χ1) is 10.4. The summed E-state index contributed by atoms with van der Waals surface area (Å²) in [7, 11) is -4.19. The predicted molar refractivity (Wildman–Crippen MR) is 88.2 cm³/mol. The smallest absolute Gasteiger partial charge is 0.294 e. The minimum Gasteiger partial charge on any atom is -0.355 e. The van der Waals surface area contributed by atoms with E-state index in [1.54, 1.807) is 6.07 Å². The number of benzene rings is 3. The van der Waals surface area contributed by atoms with E-state index in [-0.39, 0.29) is 4.90 Å². The molecule has 112 valence electrons. The number of fused-ring (bicyclic) bond motifs is 1. The Morgan fingerprint density at radius 2 is 1.64 bits per heavy atom. The highest BCUT2D eigenvalue weighted by Crippen LogP contribution is 2.29. The van der Waals surface area contributed by atoms with Gasteiger partial charge in [-0.1, -0.05) is 36.4 Å². The Labute approximate surface area is 129 Å². The van der Waals surface area contributed by atoms with Crippen LogP contribution in [0.5, 0.6) is 0 Å². The standard InChI is InChI=1S/C17H15NO3S/c1-12-5-2-3-7-16(12)18-17-8-4-6-13-11-14(22(19,20)21)9-10-15(13)17/h2-11,18H,1H3,(H,19,20,21). The third kappa shape index (κ3) is 2.81. The van der Waals surface area contributed by atoms with Crippen molar-refractivity contribution in [3.8, 4) is 0 Å². The number of hydrogen-bond donors (Lipinski definition) is 2. The Morgan fingerprint density at radius 3 is 2.36 bits per heavy atom. The van der Waals surface area contributed by atoms with Gasteiger partial charge >= 0.3 is 0 Å². The zero-order chi connectivity index (χ0) is 15.7. The van der Waals surface area contributed by atoms with Crippen molar-refractivity contribution < 1.29 is 13.0 Å². The Balaban J connectivity index is 2.10. The normalized spacial score (nSPS) is 11.5. The van der Waals surface area contributed by atoms with E-state index in [1.165, 1.54) is 12.1 Å². The van der Waals surface area contributed by atoms with Crippen LogP contribution in [0.1, 0.15) is 5.56 Å². The van der Waals surface area contributed by atoms with Gasteiger partial charge in [-0.3, -0.25) is 4.55 Å². The summed E-state index contributed by atoms with van der Waals surface area (Å²) < 4.78 is 31.6. The van der Waals surface area contributed by atoms with Gasteiger partial charge in [0.25, 0.3) is 10.1 Å². The van der Waals surface area contributed by atoms with Gasteiger partial charge in [0.05, 0.1) is 4.90 Å². The molecule has 0 amide bonds. The van der Waals surface area contributed by atoms with Gasteiger partial charge in [0.15, 0.2) is 0 Å². The lowest BCUT2D eigenvalue weighted by Gasteiger charge is -2.12. The first-order valence-electron chi connectivity index (χ1n) is 6.78. The zero-order valence-electron chi connectivity index (χ0n) is 11.9. The molecule has 2 N–H and O–H groups in total. The largest absolute Gasteiger partial charge is 0.355 e. The molecule has 5 heteroatoms. The topological polar surface area (TPSA) is 66.4 Å². The van der Waals surface area contributed by atoms with Crippen molar-refractivity contribution in [3.63, 3.8) is 0 Å². The molecule has 0 aliphatic carbocycles. The van der Waals surface area contributed by atoms with E-state index in [4.69, 9.17) is 4.55 Å². The summed E-state index contributed by atoms with van der Waals surface area (Å²) in [6.07, 6.45) is 0. The van der Waals surface area contributed by atoms with Gasteiger partial charge < -0.3 is 5.32 Å². The second kappa shape index (κ2) is 5.44. The van der Waals surface area contributed by atoms with Crippen molar-refractivity contribution in [2.75, 3.05) is 5.32 Å². The van der Waals surface area contributed by atoms with Crippen molar-refractivity contribution in [2.45, 2.75) is 11.8 Å². The van der Waals surface area contributed by atoms with E-state index in [2.05, 4.69) is 5.32 Å². The number of hydrogen-bond acceptors (Lipinski definition) is 3. The highest BCUT2D eigenvalue weighted by atomic mass is 32.2. The third-order valence-corrected chi connectivity index (χ3v) is 4.41. The molecule has 22 heavy (non-hydrogen) atoms. The fourth-order valence-electron chi connectivity index (χ4n) is 2.39. The first-order valence-corrected chi connectivity index (χ1v) is 8.22. The highest BCUT2D eigenvalue weighted by molar-refractivity contribution is 7.85. The van der Waals surface area contributed by atoms with Crippen LogP contribution in [0.3, 0.4) is 0 Å². The quantitative estimate of drug-likeness (QED) is 0.713. The van der Waals surface area contributed by atoms with E-state index in [0.717, 1.165) is 27.7 Å². The molecule has 4 nitrogen and oxygen atoms in total. The summed E-state index contributed by atoms with van der Waals surface area (Å²) in [5.41, 5.74) is 3.00. The van der Waals surface area contributed by atoms with Crippen LogP contribution in [-0.2, 0) is 10.1 Å². The van der Waals surface area contributed by atoms with Gasteiger partial charge in [-0.15, -0.1) is 0 Å². The van der Waals surface area contributed by atoms with Crippen molar-refractivity contribution in [2.24, 2.45) is 0 Å². The number of nitrogens with one attached hydrogen (secondary N) is 1. The van der Waals surface area contributed by atoms with Crippen LogP contribution in [0.2, 0.25) is 0 Å². The molecule has 3 aromatic carbocycles. The van der Waals surface area contributed by atoms with Crippen LogP contribution in [0.25, 0.3) is 10.8 Å². The summed E-state index contributed by atoms with van der Waals surface area (Å²) >= 11 is 0. The van der Waals surface area contributed by atoms with Crippen molar-refractivity contribution >= 4 is 32.3 Å². The SMILES string of the molecule is Cc1ccccc1Nc1cccc2cc(S(=O)(=O)O)ccc12. The highest BCUT2D eigenvalue weighted by Gasteiger charge is 2.11. The summed E-state index contributed by atoms with van der Waals surface area (Å²) in [6.45, 7) is 2.02. The molecule has 0 fully saturated rings. The van der Waals surface area contributed by atoms with Crippen LogP contribution in [-0.4, -0.2) is 13.0 Å². The van der Waals surface area contributed by atoms with Crippen LogP contribution in [0.15, 0.2) is 65.6 Å². The Morgan fingerprint density at radius 1 is 0.909 bits per heavy atom. The number of anilines is 2. The first kappa shape index (κ1) is 14.6. The fourth-order valence-corrected chi connectivity index (χ4v) is 2.91. The number of aryl methyl sites for hydroxylation is 1. The number of para-hydroxylation sites is 1. The number of rotatable bonds is 3. The predicted octanol–water partition coefficient (Wildman–Crippen LogP) is 4.14. The Bertz CT molecular complexity index is 949. The third-order valence-electron chi connectivity index (χ3n) is 3.56. The van der Waals surface area contributed by atoms with Gasteiger partial charge in [0.1, 0.15) is 0 Å². The van der Waals surface area contributed by atoms with Crippen LogP contribution >= 0.6 is 0 Å². The van der Waals surface area contributed by atoms with Crippen molar-refractivity contribution in [3.05, 3.63) is 66.2 Å². The average molecular weight is 313 g/mol. The van der Waals surface area contributed by atoms with Gasteiger partial charge in [0.2, 0.25) is 0 Å². The van der Waals surface area contributed by atoms with Crippen LogP contribution in [0, 0.1) is 6.92 Å². The lowest BCUT2D eigenvalue weighted by atomic mass is 10.1. The molecule has 0 saturated heterocycles. The second-order valence-electron chi connectivity index (χ2n) is 5.10. The Kier molecular flexibility index (Phi) is 3.60. The van der Waals surface area contributed by atoms with Crippen LogP contribution < -0.4 is 5.32 Å². The summed E-state index contributed by atoms with van der Waals surface area (Å²) in [6, 6.07) is 18.1. The lowest BCUT2D eigenvalue weighted by Crippen LogP contribution is -1.98. The molecule has 0 unspecified atom stereocenters. The van der Waals surface area contributed by atoms with E-state index in [1.807, 2.05) is 49.4 Å². The van der Waals surface area contributed by atoms with Gasteiger partial charge in [-0.05, 0) is 42.1 Å². The average Bonchev–Trinajstić information content (AvgIpc) is 2.48. The molecule has 0 aliphatic heterocycles. The fraction of sp³-hybridized carbons (Fsp3) is 0.0588. The molecule has 0 saturated carbocycles. The molecule has 0 atom stereocenters. The molecular weight excluding hydrogens is 298 g/mol. The molecular formula is C17H15NO3S. The van der Waals surface area contributed by atoms with Crippen molar-refractivity contribution in [1.29, 1.82) is 0 Å². The summed E-state index contributed by atoms with van der Waals surface area (Å²) in [5, 5.41) is 4.99.